The molecule has 3 N–H and O–H groups in total. The highest BCUT2D eigenvalue weighted by Gasteiger charge is 2.30. The first-order valence-corrected chi connectivity index (χ1v) is 8.32. The average Bonchev–Trinajstić information content (AvgIpc) is 3.40. The third-order valence-corrected chi connectivity index (χ3v) is 4.56. The van der Waals surface area contributed by atoms with Crippen LogP contribution in [0.3, 0.4) is 0 Å². The molecule has 126 valence electrons. The first-order chi connectivity index (χ1) is 11.2. The van der Waals surface area contributed by atoms with Crippen molar-refractivity contribution in [2.75, 3.05) is 25.6 Å². The van der Waals surface area contributed by atoms with Crippen molar-refractivity contribution < 1.29 is 14.3 Å². The molecular formula is C17H25N3O3. The zero-order chi connectivity index (χ0) is 16.2. The Morgan fingerprint density at radius 3 is 2.96 bits per heavy atom. The van der Waals surface area contributed by atoms with Crippen LogP contribution in [-0.4, -0.2) is 37.3 Å². The Bertz CT molecular complexity index is 558. The lowest BCUT2D eigenvalue weighted by Gasteiger charge is -2.30. The number of carbonyl (C=O) groups excluding carboxylic acids is 1. The number of aromatic nitrogens is 1. The SMILES string of the molecule is COCC1CC(c2ccc(NC(=O)C3CC3)nc2CN)CCO1. The summed E-state index contributed by atoms with van der Waals surface area (Å²) in [6.45, 7) is 1.70. The minimum Gasteiger partial charge on any atom is -0.382 e. The normalized spacial score (nSPS) is 24.4. The molecule has 1 aromatic heterocycles. The largest absolute Gasteiger partial charge is 0.382 e. The van der Waals surface area contributed by atoms with Gasteiger partial charge in [-0.05, 0) is 43.2 Å². The number of methoxy groups -OCH3 is 1. The molecule has 1 amide bonds. The number of hydrogen-bond acceptors (Lipinski definition) is 5. The number of anilines is 1. The Morgan fingerprint density at radius 1 is 1.43 bits per heavy atom. The maximum Gasteiger partial charge on any atom is 0.228 e. The minimum atomic E-state index is 0.0689. The number of nitrogens with one attached hydrogen (secondary N) is 1. The molecule has 3 rings (SSSR count). The van der Waals surface area contributed by atoms with Gasteiger partial charge in [-0.25, -0.2) is 4.98 Å². The van der Waals surface area contributed by atoms with Gasteiger partial charge in [-0.15, -0.1) is 0 Å². The van der Waals surface area contributed by atoms with Crippen LogP contribution < -0.4 is 11.1 Å². The van der Waals surface area contributed by atoms with Gasteiger partial charge in [0.05, 0.1) is 18.4 Å². The van der Waals surface area contributed by atoms with E-state index >= 15 is 0 Å². The molecule has 1 saturated carbocycles. The summed E-state index contributed by atoms with van der Waals surface area (Å²) in [4.78, 5) is 16.4. The molecule has 2 fully saturated rings. The van der Waals surface area contributed by atoms with E-state index < -0.39 is 0 Å². The van der Waals surface area contributed by atoms with Crippen molar-refractivity contribution in [3.8, 4) is 0 Å². The number of nitrogens with zero attached hydrogens (tertiary/aromatic N) is 1. The van der Waals surface area contributed by atoms with Crippen LogP contribution in [0.1, 0.15) is 42.9 Å². The van der Waals surface area contributed by atoms with E-state index in [4.69, 9.17) is 15.2 Å². The Hall–Kier alpha value is -1.50. The lowest BCUT2D eigenvalue weighted by molar-refractivity contribution is -0.117. The molecule has 0 aromatic carbocycles. The predicted octanol–water partition coefficient (Wildman–Crippen LogP) is 1.80. The van der Waals surface area contributed by atoms with Crippen LogP contribution in [0, 0.1) is 5.92 Å². The number of carbonyl (C=O) groups is 1. The van der Waals surface area contributed by atoms with Gasteiger partial charge in [0.25, 0.3) is 0 Å². The maximum absolute atomic E-state index is 11.9. The van der Waals surface area contributed by atoms with Crippen LogP contribution in [0.4, 0.5) is 5.82 Å². The van der Waals surface area contributed by atoms with Gasteiger partial charge in [0.15, 0.2) is 0 Å². The Morgan fingerprint density at radius 2 is 2.26 bits per heavy atom. The molecule has 1 saturated heterocycles. The van der Waals surface area contributed by atoms with Crippen molar-refractivity contribution in [1.82, 2.24) is 4.98 Å². The Kier molecular flexibility index (Phi) is 5.25. The summed E-state index contributed by atoms with van der Waals surface area (Å²) >= 11 is 0. The fourth-order valence-corrected chi connectivity index (χ4v) is 3.16. The van der Waals surface area contributed by atoms with Gasteiger partial charge in [0.1, 0.15) is 5.82 Å². The smallest absolute Gasteiger partial charge is 0.228 e. The number of nitrogens with two attached hydrogens (primary N) is 1. The number of pyridine rings is 1. The van der Waals surface area contributed by atoms with E-state index in [1.165, 1.54) is 5.56 Å². The summed E-state index contributed by atoms with van der Waals surface area (Å²) in [7, 11) is 1.69. The second-order valence-electron chi connectivity index (χ2n) is 6.37. The molecule has 2 heterocycles. The van der Waals surface area contributed by atoms with Crippen LogP contribution in [0.15, 0.2) is 12.1 Å². The molecule has 6 heteroatoms. The van der Waals surface area contributed by atoms with E-state index in [0.29, 0.717) is 24.9 Å². The fourth-order valence-electron chi connectivity index (χ4n) is 3.16. The van der Waals surface area contributed by atoms with Gasteiger partial charge in [0.2, 0.25) is 5.91 Å². The summed E-state index contributed by atoms with van der Waals surface area (Å²) in [6, 6.07) is 3.94. The van der Waals surface area contributed by atoms with Crippen molar-refractivity contribution in [3.63, 3.8) is 0 Å². The van der Waals surface area contributed by atoms with E-state index in [1.807, 2.05) is 6.07 Å². The second-order valence-corrected chi connectivity index (χ2v) is 6.37. The molecule has 23 heavy (non-hydrogen) atoms. The van der Waals surface area contributed by atoms with Crippen LogP contribution in [0.5, 0.6) is 0 Å². The van der Waals surface area contributed by atoms with E-state index in [2.05, 4.69) is 16.4 Å². The van der Waals surface area contributed by atoms with Crippen LogP contribution in [0.2, 0.25) is 0 Å². The maximum atomic E-state index is 11.9. The summed E-state index contributed by atoms with van der Waals surface area (Å²) in [5.74, 6) is 1.22. The first-order valence-electron chi connectivity index (χ1n) is 8.32. The zero-order valence-electron chi connectivity index (χ0n) is 13.6. The van der Waals surface area contributed by atoms with Gasteiger partial charge in [-0.1, -0.05) is 6.07 Å². The molecule has 1 aliphatic heterocycles. The lowest BCUT2D eigenvalue weighted by Crippen LogP contribution is -2.29. The van der Waals surface area contributed by atoms with Crippen molar-refractivity contribution in [1.29, 1.82) is 0 Å². The van der Waals surface area contributed by atoms with Crippen LogP contribution in [0.25, 0.3) is 0 Å². The first kappa shape index (κ1) is 16.4. The summed E-state index contributed by atoms with van der Waals surface area (Å²) < 4.78 is 10.9. The standard InChI is InChI=1S/C17H25N3O3/c1-22-10-13-8-12(6-7-23-13)14-4-5-16(19-15(14)9-18)20-17(21)11-2-3-11/h4-5,11-13H,2-3,6-10,18H2,1H3,(H,19,20,21). The van der Waals surface area contributed by atoms with Crippen molar-refractivity contribution >= 4 is 11.7 Å². The zero-order valence-corrected chi connectivity index (χ0v) is 13.6. The predicted molar refractivity (Wildman–Crippen MR) is 87.1 cm³/mol. The number of hydrogen-bond donors (Lipinski definition) is 2. The van der Waals surface area contributed by atoms with E-state index in [0.717, 1.165) is 38.0 Å². The molecule has 2 atom stereocenters. The Balaban J connectivity index is 1.72. The summed E-state index contributed by atoms with van der Waals surface area (Å²) in [5, 5.41) is 2.89. The van der Waals surface area contributed by atoms with Gasteiger partial charge in [0, 0.05) is 26.2 Å². The van der Waals surface area contributed by atoms with Gasteiger partial charge in [-0.2, -0.15) is 0 Å². The third-order valence-electron chi connectivity index (χ3n) is 4.56. The molecule has 0 bridgehead atoms. The van der Waals surface area contributed by atoms with Crippen LogP contribution in [-0.2, 0) is 20.8 Å². The molecule has 0 radical (unpaired) electrons. The molecule has 2 aliphatic rings. The molecular weight excluding hydrogens is 294 g/mol. The topological polar surface area (TPSA) is 86.5 Å². The van der Waals surface area contributed by atoms with Gasteiger partial charge in [-0.3, -0.25) is 4.79 Å². The minimum absolute atomic E-state index is 0.0689. The van der Waals surface area contributed by atoms with Crippen molar-refractivity contribution in [2.24, 2.45) is 11.7 Å². The molecule has 1 aliphatic carbocycles. The summed E-state index contributed by atoms with van der Waals surface area (Å²) in [6.07, 6.45) is 3.96. The second kappa shape index (κ2) is 7.38. The number of amides is 1. The average molecular weight is 319 g/mol. The highest BCUT2D eigenvalue weighted by atomic mass is 16.5. The van der Waals surface area contributed by atoms with E-state index in [-0.39, 0.29) is 17.9 Å². The van der Waals surface area contributed by atoms with Crippen molar-refractivity contribution in [3.05, 3.63) is 23.4 Å². The quantitative estimate of drug-likeness (QED) is 0.835. The molecule has 2 unspecified atom stereocenters. The molecule has 1 aromatic rings. The summed E-state index contributed by atoms with van der Waals surface area (Å²) in [5.41, 5.74) is 7.92. The van der Waals surface area contributed by atoms with Gasteiger partial charge >= 0.3 is 0 Å². The lowest BCUT2D eigenvalue weighted by atomic mass is 9.87. The molecule has 0 spiro atoms. The highest BCUT2D eigenvalue weighted by Crippen LogP contribution is 2.33. The Labute approximate surface area is 136 Å². The highest BCUT2D eigenvalue weighted by molar-refractivity contribution is 5.93. The van der Waals surface area contributed by atoms with Gasteiger partial charge < -0.3 is 20.5 Å². The number of ether oxygens (including phenoxy) is 2. The van der Waals surface area contributed by atoms with Crippen LogP contribution >= 0.6 is 0 Å². The molecule has 6 nitrogen and oxygen atoms in total. The van der Waals surface area contributed by atoms with E-state index in [9.17, 15) is 4.79 Å². The number of rotatable bonds is 6. The monoisotopic (exact) mass is 319 g/mol. The van der Waals surface area contributed by atoms with Crippen molar-refractivity contribution in [2.45, 2.75) is 44.2 Å². The van der Waals surface area contributed by atoms with E-state index in [1.54, 1.807) is 7.11 Å². The fraction of sp³-hybridized carbons (Fsp3) is 0.647. The third kappa shape index (κ3) is 4.07.